The molecule has 1 aliphatic rings. The molecule has 24 heavy (non-hydrogen) atoms. The lowest BCUT2D eigenvalue weighted by molar-refractivity contribution is 0.222. The molecule has 3 rings (SSSR count). The average molecular weight is 327 g/mol. The van der Waals surface area contributed by atoms with E-state index in [1.807, 2.05) is 24.3 Å². The zero-order valence-electron chi connectivity index (χ0n) is 14.5. The minimum Gasteiger partial charge on any atom is -0.328 e. The predicted octanol–water partition coefficient (Wildman–Crippen LogP) is 3.55. The molecule has 0 spiro atoms. The summed E-state index contributed by atoms with van der Waals surface area (Å²) in [5, 5.41) is 11.7. The molecule has 2 heterocycles. The molecule has 2 amide bonds. The zero-order chi connectivity index (χ0) is 16.9. The Balaban J connectivity index is 1.81. The van der Waals surface area contributed by atoms with Crippen molar-refractivity contribution in [2.24, 2.45) is 0 Å². The summed E-state index contributed by atoms with van der Waals surface area (Å²) >= 11 is 0. The maximum absolute atomic E-state index is 12.2. The fourth-order valence-corrected chi connectivity index (χ4v) is 3.09. The first-order valence-electron chi connectivity index (χ1n) is 8.73. The van der Waals surface area contributed by atoms with Crippen molar-refractivity contribution in [3.8, 4) is 11.4 Å². The highest BCUT2D eigenvalue weighted by Gasteiger charge is 2.16. The quantitative estimate of drug-likeness (QED) is 0.934. The number of carbonyl (C=O) groups excluding carboxylic acids is 1. The summed E-state index contributed by atoms with van der Waals surface area (Å²) in [6, 6.07) is 7.76. The highest BCUT2D eigenvalue weighted by molar-refractivity contribution is 5.89. The Morgan fingerprint density at radius 2 is 2.17 bits per heavy atom. The van der Waals surface area contributed by atoms with Gasteiger partial charge in [-0.3, -0.25) is 0 Å². The predicted molar refractivity (Wildman–Crippen MR) is 95.0 cm³/mol. The van der Waals surface area contributed by atoms with Crippen LogP contribution in [0, 0.1) is 0 Å². The van der Waals surface area contributed by atoms with E-state index in [0.29, 0.717) is 0 Å². The van der Waals surface area contributed by atoms with Crippen molar-refractivity contribution < 1.29 is 4.79 Å². The Kier molecular flexibility index (Phi) is 5.13. The van der Waals surface area contributed by atoms with E-state index in [1.54, 1.807) is 11.9 Å². The number of aromatic nitrogens is 3. The Labute approximate surface area is 142 Å². The molecule has 0 atom stereocenters. The van der Waals surface area contributed by atoms with Crippen molar-refractivity contribution in [3.63, 3.8) is 0 Å². The number of nitrogens with zero attached hydrogens (tertiary/aromatic N) is 4. The summed E-state index contributed by atoms with van der Waals surface area (Å²) in [7, 11) is 1.81. The third-order valence-corrected chi connectivity index (χ3v) is 4.39. The van der Waals surface area contributed by atoms with Crippen LogP contribution in [-0.4, -0.2) is 39.3 Å². The number of anilines is 1. The molecule has 1 N–H and O–H groups in total. The molecule has 0 saturated carbocycles. The average Bonchev–Trinajstić information content (AvgIpc) is 2.84. The second-order valence-corrected chi connectivity index (χ2v) is 6.33. The van der Waals surface area contributed by atoms with Gasteiger partial charge in [-0.2, -0.15) is 0 Å². The van der Waals surface area contributed by atoms with E-state index in [1.165, 1.54) is 12.8 Å². The van der Waals surface area contributed by atoms with Crippen molar-refractivity contribution in [3.05, 3.63) is 30.1 Å². The van der Waals surface area contributed by atoms with E-state index in [9.17, 15) is 4.79 Å². The number of carbonyl (C=O) groups is 1. The van der Waals surface area contributed by atoms with Crippen molar-refractivity contribution in [1.82, 2.24) is 19.7 Å². The first-order valence-corrected chi connectivity index (χ1v) is 8.73. The zero-order valence-corrected chi connectivity index (χ0v) is 14.5. The minimum absolute atomic E-state index is 0.0888. The van der Waals surface area contributed by atoms with Crippen molar-refractivity contribution in [2.45, 2.75) is 45.6 Å². The van der Waals surface area contributed by atoms with E-state index >= 15 is 0 Å². The van der Waals surface area contributed by atoms with Gasteiger partial charge in [0.05, 0.1) is 0 Å². The van der Waals surface area contributed by atoms with E-state index in [0.717, 1.165) is 55.3 Å². The number of urea groups is 1. The van der Waals surface area contributed by atoms with Crippen LogP contribution in [0.15, 0.2) is 24.3 Å². The molecular weight excluding hydrogens is 302 g/mol. The molecular formula is C18H25N5O. The van der Waals surface area contributed by atoms with Crippen LogP contribution >= 0.6 is 0 Å². The van der Waals surface area contributed by atoms with E-state index in [2.05, 4.69) is 27.0 Å². The number of amides is 2. The lowest BCUT2D eigenvalue weighted by Crippen LogP contribution is -2.31. The van der Waals surface area contributed by atoms with Crippen LogP contribution in [0.4, 0.5) is 10.5 Å². The minimum atomic E-state index is -0.0888. The lowest BCUT2D eigenvalue weighted by atomic mass is 10.2. The van der Waals surface area contributed by atoms with Crippen molar-refractivity contribution >= 4 is 11.7 Å². The molecule has 6 nitrogen and oxygen atoms in total. The van der Waals surface area contributed by atoms with Crippen molar-refractivity contribution in [1.29, 1.82) is 0 Å². The van der Waals surface area contributed by atoms with Gasteiger partial charge in [0.2, 0.25) is 0 Å². The molecule has 1 aromatic heterocycles. The molecule has 0 bridgehead atoms. The van der Waals surface area contributed by atoms with Crippen LogP contribution < -0.4 is 5.32 Å². The van der Waals surface area contributed by atoms with E-state index in [-0.39, 0.29) is 6.03 Å². The Bertz CT molecular complexity index is 709. The van der Waals surface area contributed by atoms with Crippen LogP contribution in [0.3, 0.4) is 0 Å². The van der Waals surface area contributed by atoms with Gasteiger partial charge < -0.3 is 14.8 Å². The molecule has 1 aliphatic heterocycles. The second kappa shape index (κ2) is 7.47. The van der Waals surface area contributed by atoms with E-state index < -0.39 is 0 Å². The monoisotopic (exact) mass is 327 g/mol. The van der Waals surface area contributed by atoms with Gasteiger partial charge >= 0.3 is 6.03 Å². The highest BCUT2D eigenvalue weighted by atomic mass is 16.2. The Hall–Kier alpha value is -2.37. The van der Waals surface area contributed by atoms with Gasteiger partial charge in [-0.25, -0.2) is 4.79 Å². The van der Waals surface area contributed by atoms with Gasteiger partial charge in [0, 0.05) is 37.8 Å². The van der Waals surface area contributed by atoms with E-state index in [4.69, 9.17) is 0 Å². The van der Waals surface area contributed by atoms with Gasteiger partial charge in [0.1, 0.15) is 5.82 Å². The highest BCUT2D eigenvalue weighted by Crippen LogP contribution is 2.24. The fraction of sp³-hybridized carbons (Fsp3) is 0.500. The van der Waals surface area contributed by atoms with Crippen LogP contribution in [0.25, 0.3) is 11.4 Å². The molecule has 0 radical (unpaired) electrons. The summed E-state index contributed by atoms with van der Waals surface area (Å²) in [6.45, 7) is 3.76. The van der Waals surface area contributed by atoms with Crippen LogP contribution in [0.5, 0.6) is 0 Å². The lowest BCUT2D eigenvalue weighted by Gasteiger charge is -2.17. The Morgan fingerprint density at radius 3 is 3.00 bits per heavy atom. The number of hydrogen-bond acceptors (Lipinski definition) is 3. The maximum atomic E-state index is 12.2. The molecule has 0 aliphatic carbocycles. The summed E-state index contributed by atoms with van der Waals surface area (Å²) in [5.41, 5.74) is 1.78. The fourth-order valence-electron chi connectivity index (χ4n) is 3.09. The molecule has 0 saturated heterocycles. The standard InChI is InChI=1S/C18H25N5O/c1-3-11-22(2)18(24)19-15-9-7-8-14(13-15)17-21-20-16-10-5-4-6-12-23(16)17/h7-9,13H,3-6,10-12H2,1-2H3,(H,19,24). The molecule has 0 fully saturated rings. The second-order valence-electron chi connectivity index (χ2n) is 6.33. The number of nitrogens with one attached hydrogen (secondary N) is 1. The van der Waals surface area contributed by atoms with Gasteiger partial charge in [-0.1, -0.05) is 25.5 Å². The largest absolute Gasteiger partial charge is 0.328 e. The molecule has 0 unspecified atom stereocenters. The molecule has 128 valence electrons. The van der Waals surface area contributed by atoms with Gasteiger partial charge in [0.15, 0.2) is 5.82 Å². The SMILES string of the molecule is CCCN(C)C(=O)Nc1cccc(-c2nnc3n2CCCCC3)c1. The normalized spacial score (nSPS) is 13.9. The van der Waals surface area contributed by atoms with Gasteiger partial charge in [-0.05, 0) is 31.4 Å². The molecule has 1 aromatic carbocycles. The summed E-state index contributed by atoms with van der Waals surface area (Å²) in [4.78, 5) is 13.9. The number of rotatable bonds is 4. The third kappa shape index (κ3) is 3.58. The summed E-state index contributed by atoms with van der Waals surface area (Å²) in [5.74, 6) is 1.96. The maximum Gasteiger partial charge on any atom is 0.321 e. The number of aryl methyl sites for hydroxylation is 1. The number of hydrogen-bond donors (Lipinski definition) is 1. The van der Waals surface area contributed by atoms with Crippen molar-refractivity contribution in [2.75, 3.05) is 18.9 Å². The van der Waals surface area contributed by atoms with Crippen LogP contribution in [0.1, 0.15) is 38.4 Å². The van der Waals surface area contributed by atoms with Gasteiger partial charge in [-0.15, -0.1) is 10.2 Å². The van der Waals surface area contributed by atoms with Gasteiger partial charge in [0.25, 0.3) is 0 Å². The molecule has 6 heteroatoms. The van der Waals surface area contributed by atoms with Crippen LogP contribution in [0.2, 0.25) is 0 Å². The topological polar surface area (TPSA) is 63.1 Å². The van der Waals surface area contributed by atoms with Crippen LogP contribution in [-0.2, 0) is 13.0 Å². The first-order chi connectivity index (χ1) is 11.7. The Morgan fingerprint density at radius 1 is 1.29 bits per heavy atom. The summed E-state index contributed by atoms with van der Waals surface area (Å²) in [6.07, 6.45) is 5.51. The first kappa shape index (κ1) is 16.5. The number of benzene rings is 1. The molecule has 2 aromatic rings. The third-order valence-electron chi connectivity index (χ3n) is 4.39. The smallest absolute Gasteiger partial charge is 0.321 e. The number of fused-ring (bicyclic) bond motifs is 1. The summed E-state index contributed by atoms with van der Waals surface area (Å²) < 4.78 is 2.22.